The van der Waals surface area contributed by atoms with Crippen molar-refractivity contribution in [3.8, 4) is 11.5 Å². The Labute approximate surface area is 189 Å². The number of aliphatic hydroxyl groups is 1. The van der Waals surface area contributed by atoms with Gasteiger partial charge in [0.1, 0.15) is 23.1 Å². The number of piperidine rings is 1. The number of para-hydroxylation sites is 2. The highest BCUT2D eigenvalue weighted by atomic mass is 16.5. The lowest BCUT2D eigenvalue weighted by Crippen LogP contribution is -2.39. The van der Waals surface area contributed by atoms with Crippen LogP contribution >= 0.6 is 0 Å². The second-order valence-corrected chi connectivity index (χ2v) is 8.95. The molecule has 10 heteroatoms. The summed E-state index contributed by atoms with van der Waals surface area (Å²) < 4.78 is 14.6. The van der Waals surface area contributed by atoms with Crippen LogP contribution in [0.5, 0.6) is 0 Å². The average Bonchev–Trinajstić information content (AvgIpc) is 3.26. The standard InChI is InChI=1S/C23H26N6O4/c1-32-23(8-9-23)22-25-20(26-33-22)18-19-21(31)28(13-12-27-10-6-15(30)7-11-27)16-4-2-3-5-17(16)29(19)14-24-18/h2-5,14-15,30H,6-13H2,1H3. The Hall–Kier alpha value is -3.08. The minimum Gasteiger partial charge on any atom is -0.393 e. The van der Waals surface area contributed by atoms with E-state index in [4.69, 9.17) is 9.26 Å². The lowest BCUT2D eigenvalue weighted by molar-refractivity contribution is 0.0492. The van der Waals surface area contributed by atoms with E-state index in [0.29, 0.717) is 29.5 Å². The van der Waals surface area contributed by atoms with E-state index >= 15 is 0 Å². The van der Waals surface area contributed by atoms with Crippen molar-refractivity contribution < 1.29 is 14.4 Å². The number of benzene rings is 1. The third-order valence-electron chi connectivity index (χ3n) is 6.97. The molecule has 1 saturated heterocycles. The van der Waals surface area contributed by atoms with Gasteiger partial charge in [-0.25, -0.2) is 4.98 Å². The molecule has 4 heterocycles. The number of nitrogens with zero attached hydrogens (tertiary/aromatic N) is 6. The number of fused-ring (bicyclic) bond motifs is 3. The fourth-order valence-electron chi connectivity index (χ4n) is 4.76. The molecule has 0 radical (unpaired) electrons. The molecule has 4 aromatic rings. The Bertz CT molecular complexity index is 1380. The number of hydrogen-bond acceptors (Lipinski definition) is 8. The summed E-state index contributed by atoms with van der Waals surface area (Å²) in [5, 5.41) is 13.9. The zero-order chi connectivity index (χ0) is 22.6. The Morgan fingerprint density at radius 2 is 1.94 bits per heavy atom. The molecule has 1 aliphatic heterocycles. The van der Waals surface area contributed by atoms with E-state index in [0.717, 1.165) is 56.4 Å². The second-order valence-electron chi connectivity index (χ2n) is 8.95. The molecule has 1 N–H and O–H groups in total. The van der Waals surface area contributed by atoms with Crippen molar-refractivity contribution in [3.05, 3.63) is 46.8 Å². The lowest BCUT2D eigenvalue weighted by Gasteiger charge is -2.29. The van der Waals surface area contributed by atoms with Crippen molar-refractivity contribution in [2.45, 2.75) is 43.9 Å². The van der Waals surface area contributed by atoms with E-state index in [2.05, 4.69) is 20.0 Å². The zero-order valence-corrected chi connectivity index (χ0v) is 18.5. The van der Waals surface area contributed by atoms with Gasteiger partial charge in [0.2, 0.25) is 5.82 Å². The van der Waals surface area contributed by atoms with Gasteiger partial charge in [0.05, 0.1) is 17.1 Å². The Kier molecular flexibility index (Phi) is 4.82. The molecular weight excluding hydrogens is 424 g/mol. The van der Waals surface area contributed by atoms with Gasteiger partial charge in [0, 0.05) is 33.3 Å². The Morgan fingerprint density at radius 1 is 1.18 bits per heavy atom. The average molecular weight is 450 g/mol. The van der Waals surface area contributed by atoms with Crippen LogP contribution in [-0.4, -0.2) is 66.9 Å². The van der Waals surface area contributed by atoms with Gasteiger partial charge < -0.3 is 23.8 Å². The molecule has 10 nitrogen and oxygen atoms in total. The predicted molar refractivity (Wildman–Crippen MR) is 120 cm³/mol. The third-order valence-corrected chi connectivity index (χ3v) is 6.97. The molecule has 6 rings (SSSR count). The molecule has 0 bridgehead atoms. The minimum atomic E-state index is -0.504. The molecule has 1 saturated carbocycles. The number of likely N-dealkylation sites (tertiary alicyclic amines) is 1. The van der Waals surface area contributed by atoms with Crippen molar-refractivity contribution >= 4 is 16.6 Å². The van der Waals surface area contributed by atoms with Crippen LogP contribution in [-0.2, 0) is 16.9 Å². The van der Waals surface area contributed by atoms with Crippen molar-refractivity contribution in [1.29, 1.82) is 0 Å². The number of rotatable bonds is 6. The van der Waals surface area contributed by atoms with Crippen molar-refractivity contribution in [1.82, 2.24) is 29.0 Å². The molecule has 0 spiro atoms. The van der Waals surface area contributed by atoms with Gasteiger partial charge in [-0.05, 0) is 37.8 Å². The first-order valence-corrected chi connectivity index (χ1v) is 11.4. The summed E-state index contributed by atoms with van der Waals surface area (Å²) in [5.74, 6) is 0.717. The summed E-state index contributed by atoms with van der Waals surface area (Å²) >= 11 is 0. The number of aromatic nitrogens is 5. The van der Waals surface area contributed by atoms with Crippen LogP contribution in [0, 0.1) is 0 Å². The largest absolute Gasteiger partial charge is 0.393 e. The molecule has 0 unspecified atom stereocenters. The summed E-state index contributed by atoms with van der Waals surface area (Å²) in [5.41, 5.74) is 1.92. The van der Waals surface area contributed by atoms with E-state index < -0.39 is 5.60 Å². The van der Waals surface area contributed by atoms with Crippen molar-refractivity contribution in [2.24, 2.45) is 0 Å². The number of hydrogen-bond donors (Lipinski definition) is 1. The van der Waals surface area contributed by atoms with Gasteiger partial charge in [-0.1, -0.05) is 17.3 Å². The van der Waals surface area contributed by atoms with Gasteiger partial charge in [-0.2, -0.15) is 4.98 Å². The molecule has 172 valence electrons. The molecule has 1 aromatic carbocycles. The van der Waals surface area contributed by atoms with Crippen LogP contribution in [0.4, 0.5) is 0 Å². The van der Waals surface area contributed by atoms with Crippen LogP contribution in [0.15, 0.2) is 39.9 Å². The predicted octanol–water partition coefficient (Wildman–Crippen LogP) is 1.79. The fraction of sp³-hybridized carbons (Fsp3) is 0.478. The third kappa shape index (κ3) is 3.36. The van der Waals surface area contributed by atoms with Crippen LogP contribution in [0.2, 0.25) is 0 Å². The molecule has 2 fully saturated rings. The highest BCUT2D eigenvalue weighted by molar-refractivity contribution is 5.83. The highest BCUT2D eigenvalue weighted by Crippen LogP contribution is 2.48. The van der Waals surface area contributed by atoms with E-state index in [1.54, 1.807) is 22.4 Å². The first kappa shape index (κ1) is 20.5. The van der Waals surface area contributed by atoms with E-state index in [-0.39, 0.29) is 11.7 Å². The van der Waals surface area contributed by atoms with Crippen LogP contribution in [0.1, 0.15) is 31.6 Å². The Balaban J connectivity index is 1.43. The van der Waals surface area contributed by atoms with E-state index in [1.807, 2.05) is 24.3 Å². The summed E-state index contributed by atoms with van der Waals surface area (Å²) in [6, 6.07) is 7.82. The van der Waals surface area contributed by atoms with Crippen molar-refractivity contribution in [3.63, 3.8) is 0 Å². The molecule has 33 heavy (non-hydrogen) atoms. The normalized spacial score (nSPS) is 19.0. The SMILES string of the molecule is COC1(c2nc(-c3ncn4c3c(=O)n(CCN3CCC(O)CC3)c3ccccc34)no2)CC1. The van der Waals surface area contributed by atoms with Crippen LogP contribution in [0.3, 0.4) is 0 Å². The van der Waals surface area contributed by atoms with E-state index in [9.17, 15) is 9.90 Å². The first-order chi connectivity index (χ1) is 16.1. The molecule has 1 aliphatic carbocycles. The van der Waals surface area contributed by atoms with Crippen molar-refractivity contribution in [2.75, 3.05) is 26.7 Å². The van der Waals surface area contributed by atoms with Gasteiger partial charge in [-0.3, -0.25) is 9.20 Å². The Morgan fingerprint density at radius 3 is 2.67 bits per heavy atom. The quantitative estimate of drug-likeness (QED) is 0.473. The summed E-state index contributed by atoms with van der Waals surface area (Å²) in [6.07, 6.45) is 4.63. The zero-order valence-electron chi connectivity index (χ0n) is 18.5. The molecule has 0 atom stereocenters. The maximum atomic E-state index is 13.7. The lowest BCUT2D eigenvalue weighted by atomic mass is 10.1. The van der Waals surface area contributed by atoms with Gasteiger partial charge in [0.15, 0.2) is 0 Å². The number of methoxy groups -OCH3 is 1. The first-order valence-electron chi connectivity index (χ1n) is 11.4. The summed E-state index contributed by atoms with van der Waals surface area (Å²) in [7, 11) is 1.64. The monoisotopic (exact) mass is 450 g/mol. The van der Waals surface area contributed by atoms with E-state index in [1.165, 1.54) is 0 Å². The van der Waals surface area contributed by atoms with Crippen LogP contribution < -0.4 is 5.56 Å². The fourth-order valence-corrected chi connectivity index (χ4v) is 4.76. The minimum absolute atomic E-state index is 0.141. The molecule has 2 aliphatic rings. The van der Waals surface area contributed by atoms with Gasteiger partial charge in [-0.15, -0.1) is 0 Å². The summed E-state index contributed by atoms with van der Waals surface area (Å²) in [4.78, 5) is 25.0. The molecule has 3 aromatic heterocycles. The number of ether oxygens (including phenoxy) is 1. The maximum Gasteiger partial charge on any atom is 0.277 e. The maximum absolute atomic E-state index is 13.7. The number of imidazole rings is 1. The molecular formula is C23H26N6O4. The topological polar surface area (TPSA) is 111 Å². The highest BCUT2D eigenvalue weighted by Gasteiger charge is 2.50. The number of aliphatic hydroxyl groups excluding tert-OH is 1. The van der Waals surface area contributed by atoms with Crippen LogP contribution in [0.25, 0.3) is 28.1 Å². The molecule has 0 amide bonds. The summed E-state index contributed by atoms with van der Waals surface area (Å²) in [6.45, 7) is 2.95. The smallest absolute Gasteiger partial charge is 0.277 e. The van der Waals surface area contributed by atoms with Gasteiger partial charge >= 0.3 is 0 Å². The second kappa shape index (κ2) is 7.75. The van der Waals surface area contributed by atoms with Gasteiger partial charge in [0.25, 0.3) is 11.4 Å².